The fourth-order valence-corrected chi connectivity index (χ4v) is 2.17. The van der Waals surface area contributed by atoms with Gasteiger partial charge in [0.2, 0.25) is 0 Å². The molecule has 1 atom stereocenters. The minimum absolute atomic E-state index is 0.183. The van der Waals surface area contributed by atoms with E-state index >= 15 is 0 Å². The largest absolute Gasteiger partial charge is 0.507 e. The van der Waals surface area contributed by atoms with Crippen LogP contribution in [0.15, 0.2) is 24.3 Å². The van der Waals surface area contributed by atoms with Crippen LogP contribution >= 0.6 is 0 Å². The highest BCUT2D eigenvalue weighted by Gasteiger charge is 2.22. The normalized spacial score (nSPS) is 19.0. The van der Waals surface area contributed by atoms with E-state index in [1.165, 1.54) is 0 Å². The van der Waals surface area contributed by atoms with E-state index in [1.807, 2.05) is 10.6 Å². The van der Waals surface area contributed by atoms with E-state index in [4.69, 9.17) is 0 Å². The molecule has 88 valence electrons. The first-order valence-corrected chi connectivity index (χ1v) is 5.64. The molecule has 1 aromatic carbocycles. The number of phenolic OH excluding ortho intramolecular Hbond substituents is 1. The van der Waals surface area contributed by atoms with Gasteiger partial charge in [0.1, 0.15) is 11.6 Å². The zero-order chi connectivity index (χ0) is 11.8. The monoisotopic (exact) mass is 231 g/mol. The van der Waals surface area contributed by atoms with Crippen molar-refractivity contribution in [2.75, 3.05) is 0 Å². The van der Waals surface area contributed by atoms with E-state index in [1.54, 1.807) is 18.2 Å². The maximum atomic E-state index is 9.81. The molecular weight excluding hydrogens is 218 g/mol. The highest BCUT2D eigenvalue weighted by Crippen LogP contribution is 2.29. The Morgan fingerprint density at radius 1 is 1.24 bits per heavy atom. The molecule has 0 radical (unpaired) electrons. The maximum Gasteiger partial charge on any atom is 0.167 e. The lowest BCUT2D eigenvalue weighted by Gasteiger charge is -2.20. The SMILES string of the molecule is Oc1ccccc1-c1nnc2n1CC(O)CC2. The molecule has 0 saturated carbocycles. The average Bonchev–Trinajstić information content (AvgIpc) is 2.72. The van der Waals surface area contributed by atoms with E-state index in [2.05, 4.69) is 10.2 Å². The molecule has 5 nitrogen and oxygen atoms in total. The number of rotatable bonds is 1. The summed E-state index contributed by atoms with van der Waals surface area (Å²) < 4.78 is 1.88. The van der Waals surface area contributed by atoms with Gasteiger partial charge >= 0.3 is 0 Å². The number of fused-ring (bicyclic) bond motifs is 1. The molecule has 0 fully saturated rings. The van der Waals surface area contributed by atoms with Crippen molar-refractivity contribution >= 4 is 0 Å². The Morgan fingerprint density at radius 3 is 2.88 bits per heavy atom. The summed E-state index contributed by atoms with van der Waals surface area (Å²) in [6.45, 7) is 0.492. The quantitative estimate of drug-likeness (QED) is 0.766. The zero-order valence-corrected chi connectivity index (χ0v) is 9.24. The smallest absolute Gasteiger partial charge is 0.167 e. The minimum atomic E-state index is -0.358. The number of aryl methyl sites for hydroxylation is 1. The van der Waals surface area contributed by atoms with Crippen LogP contribution in [0.1, 0.15) is 12.2 Å². The molecule has 1 aliphatic heterocycles. The molecule has 5 heteroatoms. The number of aromatic nitrogens is 3. The molecule has 3 rings (SSSR count). The summed E-state index contributed by atoms with van der Waals surface area (Å²) in [6, 6.07) is 7.03. The van der Waals surface area contributed by atoms with Crippen molar-refractivity contribution in [1.82, 2.24) is 14.8 Å². The molecule has 17 heavy (non-hydrogen) atoms. The first kappa shape index (κ1) is 10.3. The third-order valence-corrected chi connectivity index (χ3v) is 3.07. The Balaban J connectivity index is 2.11. The van der Waals surface area contributed by atoms with Crippen LogP contribution in [-0.2, 0) is 13.0 Å². The average molecular weight is 231 g/mol. The first-order valence-electron chi connectivity index (χ1n) is 5.64. The summed E-state index contributed by atoms with van der Waals surface area (Å²) in [7, 11) is 0. The summed E-state index contributed by atoms with van der Waals surface area (Å²) in [5, 5.41) is 27.7. The zero-order valence-electron chi connectivity index (χ0n) is 9.24. The molecule has 2 heterocycles. The third-order valence-electron chi connectivity index (χ3n) is 3.07. The van der Waals surface area contributed by atoms with Gasteiger partial charge in [0, 0.05) is 6.42 Å². The fourth-order valence-electron chi connectivity index (χ4n) is 2.17. The number of aliphatic hydroxyl groups excluding tert-OH is 1. The maximum absolute atomic E-state index is 9.81. The number of benzene rings is 1. The van der Waals surface area contributed by atoms with Gasteiger partial charge in [-0.2, -0.15) is 0 Å². The van der Waals surface area contributed by atoms with Crippen LogP contribution in [0.4, 0.5) is 0 Å². The van der Waals surface area contributed by atoms with Gasteiger partial charge in [0.15, 0.2) is 5.82 Å². The van der Waals surface area contributed by atoms with Crippen molar-refractivity contribution in [2.45, 2.75) is 25.5 Å². The van der Waals surface area contributed by atoms with Crippen LogP contribution in [0.2, 0.25) is 0 Å². The molecule has 0 saturated heterocycles. The standard InChI is InChI=1S/C12H13N3O2/c16-8-5-6-11-13-14-12(15(11)7-8)9-3-1-2-4-10(9)17/h1-4,8,16-17H,5-7H2. The van der Waals surface area contributed by atoms with Gasteiger partial charge in [-0.3, -0.25) is 0 Å². The number of aromatic hydroxyl groups is 1. The van der Waals surface area contributed by atoms with Gasteiger partial charge < -0.3 is 14.8 Å². The molecule has 2 N–H and O–H groups in total. The molecule has 2 aromatic rings. The van der Waals surface area contributed by atoms with Crippen LogP contribution in [0.5, 0.6) is 5.75 Å². The van der Waals surface area contributed by atoms with Crippen LogP contribution in [0.25, 0.3) is 11.4 Å². The van der Waals surface area contributed by atoms with Crippen LogP contribution in [-0.4, -0.2) is 31.1 Å². The minimum Gasteiger partial charge on any atom is -0.507 e. The Kier molecular flexibility index (Phi) is 2.33. The van der Waals surface area contributed by atoms with Crippen LogP contribution in [0.3, 0.4) is 0 Å². The second kappa shape index (κ2) is 3.85. The molecule has 0 spiro atoms. The van der Waals surface area contributed by atoms with Crippen molar-refractivity contribution in [3.63, 3.8) is 0 Å². The molecular formula is C12H13N3O2. The number of hydrogen-bond donors (Lipinski definition) is 2. The number of hydrogen-bond acceptors (Lipinski definition) is 4. The van der Waals surface area contributed by atoms with Gasteiger partial charge in [0.05, 0.1) is 18.2 Å². The number of nitrogens with zero attached hydrogens (tertiary/aromatic N) is 3. The van der Waals surface area contributed by atoms with Crippen molar-refractivity contribution in [3.05, 3.63) is 30.1 Å². The van der Waals surface area contributed by atoms with Crippen molar-refractivity contribution in [1.29, 1.82) is 0 Å². The number of aliphatic hydroxyl groups is 1. The van der Waals surface area contributed by atoms with Crippen molar-refractivity contribution in [2.24, 2.45) is 0 Å². The van der Waals surface area contributed by atoms with Crippen molar-refractivity contribution < 1.29 is 10.2 Å². The molecule has 0 amide bonds. The molecule has 0 aliphatic carbocycles. The van der Waals surface area contributed by atoms with Gasteiger partial charge in [-0.05, 0) is 18.6 Å². The lowest BCUT2D eigenvalue weighted by molar-refractivity contribution is 0.131. The second-order valence-electron chi connectivity index (χ2n) is 4.26. The Morgan fingerprint density at radius 2 is 2.06 bits per heavy atom. The van der Waals surface area contributed by atoms with Gasteiger partial charge in [0.25, 0.3) is 0 Å². The predicted octanol–water partition coefficient (Wildman–Crippen LogP) is 0.958. The van der Waals surface area contributed by atoms with Crippen LogP contribution < -0.4 is 0 Å². The first-order chi connectivity index (χ1) is 8.25. The molecule has 1 aliphatic rings. The Labute approximate surface area is 98.4 Å². The van der Waals surface area contributed by atoms with E-state index in [-0.39, 0.29) is 11.9 Å². The Hall–Kier alpha value is -1.88. The molecule has 0 bridgehead atoms. The highest BCUT2D eigenvalue weighted by atomic mass is 16.3. The van der Waals surface area contributed by atoms with Gasteiger partial charge in [-0.15, -0.1) is 10.2 Å². The molecule has 1 unspecified atom stereocenters. The van der Waals surface area contributed by atoms with E-state index < -0.39 is 0 Å². The van der Waals surface area contributed by atoms with E-state index in [0.29, 0.717) is 17.9 Å². The summed E-state index contributed by atoms with van der Waals surface area (Å²) in [5.41, 5.74) is 0.653. The summed E-state index contributed by atoms with van der Waals surface area (Å²) in [5.74, 6) is 1.67. The Bertz CT molecular complexity index is 550. The number of para-hydroxylation sites is 1. The van der Waals surface area contributed by atoms with E-state index in [0.717, 1.165) is 18.7 Å². The highest BCUT2D eigenvalue weighted by molar-refractivity contribution is 5.63. The summed E-state index contributed by atoms with van der Waals surface area (Å²) in [6.07, 6.45) is 1.09. The summed E-state index contributed by atoms with van der Waals surface area (Å²) >= 11 is 0. The fraction of sp³-hybridized carbons (Fsp3) is 0.333. The lowest BCUT2D eigenvalue weighted by atomic mass is 10.1. The van der Waals surface area contributed by atoms with Crippen molar-refractivity contribution in [3.8, 4) is 17.1 Å². The number of phenols is 1. The van der Waals surface area contributed by atoms with Crippen LogP contribution in [0, 0.1) is 0 Å². The summed E-state index contributed by atoms with van der Waals surface area (Å²) in [4.78, 5) is 0. The van der Waals surface area contributed by atoms with E-state index in [9.17, 15) is 10.2 Å². The second-order valence-corrected chi connectivity index (χ2v) is 4.26. The van der Waals surface area contributed by atoms with Gasteiger partial charge in [-0.25, -0.2) is 0 Å². The predicted molar refractivity (Wildman–Crippen MR) is 61.5 cm³/mol. The van der Waals surface area contributed by atoms with Gasteiger partial charge in [-0.1, -0.05) is 12.1 Å². The third kappa shape index (κ3) is 1.68. The molecule has 1 aromatic heterocycles. The lowest BCUT2D eigenvalue weighted by Crippen LogP contribution is -2.24. The topological polar surface area (TPSA) is 71.2 Å².